The minimum absolute atomic E-state index is 0.0153. The van der Waals surface area contributed by atoms with Crippen LogP contribution in [0, 0.1) is 19.7 Å². The predicted molar refractivity (Wildman–Crippen MR) is 68.6 cm³/mol. The van der Waals surface area contributed by atoms with Crippen molar-refractivity contribution >= 4 is 5.91 Å². The SMILES string of the molecule is Cc1cc(C)nc(COc2ncc(F)cc2C(N)=O)n1. The molecule has 0 spiro atoms. The summed E-state index contributed by atoms with van der Waals surface area (Å²) in [5.74, 6) is -1.06. The fourth-order valence-electron chi connectivity index (χ4n) is 1.71. The standard InChI is InChI=1S/C13H13FN4O2/c1-7-3-8(2)18-11(17-7)6-20-13-10(12(15)19)4-9(14)5-16-13/h3-5H,6H2,1-2H3,(H2,15,19). The minimum atomic E-state index is -0.812. The number of ether oxygens (including phenoxy) is 1. The number of halogens is 1. The van der Waals surface area contributed by atoms with Crippen molar-refractivity contribution in [1.82, 2.24) is 15.0 Å². The van der Waals surface area contributed by atoms with E-state index in [4.69, 9.17) is 10.5 Å². The summed E-state index contributed by atoms with van der Waals surface area (Å²) in [5, 5.41) is 0. The van der Waals surface area contributed by atoms with E-state index in [0.717, 1.165) is 23.7 Å². The highest BCUT2D eigenvalue weighted by Gasteiger charge is 2.13. The third-order valence-corrected chi connectivity index (χ3v) is 2.45. The third kappa shape index (κ3) is 3.25. The lowest BCUT2D eigenvalue weighted by molar-refractivity contribution is 0.0994. The van der Waals surface area contributed by atoms with Crippen LogP contribution in [-0.4, -0.2) is 20.9 Å². The van der Waals surface area contributed by atoms with Crippen molar-refractivity contribution in [2.45, 2.75) is 20.5 Å². The molecule has 2 aromatic rings. The normalized spacial score (nSPS) is 10.3. The molecule has 20 heavy (non-hydrogen) atoms. The number of aryl methyl sites for hydroxylation is 2. The molecule has 0 aromatic carbocycles. The largest absolute Gasteiger partial charge is 0.469 e. The molecule has 104 valence electrons. The number of hydrogen-bond acceptors (Lipinski definition) is 5. The minimum Gasteiger partial charge on any atom is -0.469 e. The molecular formula is C13H13FN4O2. The molecule has 7 heteroatoms. The quantitative estimate of drug-likeness (QED) is 0.909. The average Bonchev–Trinajstić information content (AvgIpc) is 2.36. The summed E-state index contributed by atoms with van der Waals surface area (Å²) in [4.78, 5) is 23.3. The van der Waals surface area contributed by atoms with Crippen molar-refractivity contribution in [1.29, 1.82) is 0 Å². The lowest BCUT2D eigenvalue weighted by Crippen LogP contribution is -2.15. The summed E-state index contributed by atoms with van der Waals surface area (Å²) in [6, 6.07) is 2.81. The summed E-state index contributed by atoms with van der Waals surface area (Å²) in [6.07, 6.45) is 0.949. The molecule has 0 aliphatic carbocycles. The van der Waals surface area contributed by atoms with Crippen molar-refractivity contribution in [2.24, 2.45) is 5.73 Å². The third-order valence-electron chi connectivity index (χ3n) is 2.45. The van der Waals surface area contributed by atoms with E-state index in [9.17, 15) is 9.18 Å². The lowest BCUT2D eigenvalue weighted by atomic mass is 10.2. The number of carbonyl (C=O) groups is 1. The van der Waals surface area contributed by atoms with Gasteiger partial charge in [0.05, 0.1) is 6.20 Å². The zero-order valence-electron chi connectivity index (χ0n) is 11.1. The molecule has 0 saturated carbocycles. The lowest BCUT2D eigenvalue weighted by Gasteiger charge is -2.08. The highest BCUT2D eigenvalue weighted by atomic mass is 19.1. The zero-order chi connectivity index (χ0) is 14.7. The molecule has 0 radical (unpaired) electrons. The molecule has 6 nitrogen and oxygen atoms in total. The molecule has 2 rings (SSSR count). The maximum Gasteiger partial charge on any atom is 0.254 e. The van der Waals surface area contributed by atoms with E-state index in [1.807, 2.05) is 19.9 Å². The van der Waals surface area contributed by atoms with Crippen LogP contribution in [0.4, 0.5) is 4.39 Å². The van der Waals surface area contributed by atoms with E-state index in [1.165, 1.54) is 0 Å². The summed E-state index contributed by atoms with van der Waals surface area (Å²) >= 11 is 0. The fraction of sp³-hybridized carbons (Fsp3) is 0.231. The van der Waals surface area contributed by atoms with Crippen LogP contribution in [0.3, 0.4) is 0 Å². The summed E-state index contributed by atoms with van der Waals surface area (Å²) in [7, 11) is 0. The van der Waals surface area contributed by atoms with Gasteiger partial charge in [-0.15, -0.1) is 0 Å². The highest BCUT2D eigenvalue weighted by Crippen LogP contribution is 2.16. The van der Waals surface area contributed by atoms with E-state index >= 15 is 0 Å². The van der Waals surface area contributed by atoms with Gasteiger partial charge in [-0.05, 0) is 26.0 Å². The van der Waals surface area contributed by atoms with Crippen LogP contribution in [0.25, 0.3) is 0 Å². The summed E-state index contributed by atoms with van der Waals surface area (Å²) in [5.41, 5.74) is 6.64. The Morgan fingerprint density at radius 1 is 1.30 bits per heavy atom. The van der Waals surface area contributed by atoms with Crippen molar-refractivity contribution in [3.63, 3.8) is 0 Å². The van der Waals surface area contributed by atoms with Gasteiger partial charge < -0.3 is 10.5 Å². The van der Waals surface area contributed by atoms with Gasteiger partial charge in [0, 0.05) is 11.4 Å². The average molecular weight is 276 g/mol. The van der Waals surface area contributed by atoms with E-state index in [2.05, 4.69) is 15.0 Å². The predicted octanol–water partition coefficient (Wildman–Crippen LogP) is 1.31. The van der Waals surface area contributed by atoms with Crippen LogP contribution < -0.4 is 10.5 Å². The van der Waals surface area contributed by atoms with Gasteiger partial charge in [0.2, 0.25) is 5.88 Å². The molecule has 0 aliphatic heterocycles. The van der Waals surface area contributed by atoms with E-state index in [-0.39, 0.29) is 18.1 Å². The zero-order valence-corrected chi connectivity index (χ0v) is 11.1. The van der Waals surface area contributed by atoms with Gasteiger partial charge in [-0.2, -0.15) is 0 Å². The van der Waals surface area contributed by atoms with Crippen LogP contribution in [0.2, 0.25) is 0 Å². The molecule has 0 atom stereocenters. The Hall–Kier alpha value is -2.57. The van der Waals surface area contributed by atoms with Crippen molar-refractivity contribution < 1.29 is 13.9 Å². The first-order valence-electron chi connectivity index (χ1n) is 5.85. The summed E-state index contributed by atoms with van der Waals surface area (Å²) in [6.45, 7) is 3.69. The maximum absolute atomic E-state index is 13.0. The Morgan fingerprint density at radius 2 is 1.95 bits per heavy atom. The molecule has 0 bridgehead atoms. The number of pyridine rings is 1. The molecule has 0 aliphatic rings. The molecule has 0 saturated heterocycles. The first kappa shape index (κ1) is 13.9. The molecule has 1 amide bonds. The topological polar surface area (TPSA) is 91.0 Å². The van der Waals surface area contributed by atoms with Crippen LogP contribution >= 0.6 is 0 Å². The van der Waals surface area contributed by atoms with Gasteiger partial charge in [-0.25, -0.2) is 19.3 Å². The number of nitrogens with zero attached hydrogens (tertiary/aromatic N) is 3. The number of carbonyl (C=O) groups excluding carboxylic acids is 1. The van der Waals surface area contributed by atoms with Gasteiger partial charge in [0.25, 0.3) is 5.91 Å². The number of hydrogen-bond donors (Lipinski definition) is 1. The van der Waals surface area contributed by atoms with Gasteiger partial charge in [0.15, 0.2) is 5.82 Å². The molecule has 0 fully saturated rings. The van der Waals surface area contributed by atoms with E-state index in [1.54, 1.807) is 0 Å². The maximum atomic E-state index is 13.0. The highest BCUT2D eigenvalue weighted by molar-refractivity contribution is 5.94. The molecule has 0 unspecified atom stereocenters. The second-order valence-electron chi connectivity index (χ2n) is 4.23. The Labute approximate surface area is 114 Å². The number of nitrogens with two attached hydrogens (primary N) is 1. The Kier molecular flexibility index (Phi) is 3.88. The van der Waals surface area contributed by atoms with Gasteiger partial charge in [-0.1, -0.05) is 0 Å². The smallest absolute Gasteiger partial charge is 0.254 e. The Morgan fingerprint density at radius 3 is 2.55 bits per heavy atom. The number of amides is 1. The molecular weight excluding hydrogens is 263 g/mol. The van der Waals surface area contributed by atoms with Crippen molar-refractivity contribution in [3.05, 3.63) is 46.9 Å². The van der Waals surface area contributed by atoms with Crippen LogP contribution in [0.15, 0.2) is 18.3 Å². The van der Waals surface area contributed by atoms with E-state index < -0.39 is 11.7 Å². The molecule has 2 aromatic heterocycles. The van der Waals surface area contributed by atoms with Crippen LogP contribution in [0.5, 0.6) is 5.88 Å². The van der Waals surface area contributed by atoms with Crippen LogP contribution in [-0.2, 0) is 6.61 Å². The van der Waals surface area contributed by atoms with Crippen molar-refractivity contribution in [3.8, 4) is 5.88 Å². The monoisotopic (exact) mass is 276 g/mol. The Balaban J connectivity index is 2.20. The Bertz CT molecular complexity index is 641. The first-order valence-corrected chi connectivity index (χ1v) is 5.85. The number of primary amides is 1. The molecule has 2 N–H and O–H groups in total. The summed E-state index contributed by atoms with van der Waals surface area (Å²) < 4.78 is 18.4. The van der Waals surface area contributed by atoms with Crippen LogP contribution in [0.1, 0.15) is 27.6 Å². The van der Waals surface area contributed by atoms with Gasteiger partial charge in [-0.3, -0.25) is 4.79 Å². The second-order valence-corrected chi connectivity index (χ2v) is 4.23. The number of aromatic nitrogens is 3. The second kappa shape index (κ2) is 5.60. The number of rotatable bonds is 4. The van der Waals surface area contributed by atoms with E-state index in [0.29, 0.717) is 5.82 Å². The fourth-order valence-corrected chi connectivity index (χ4v) is 1.71. The van der Waals surface area contributed by atoms with Gasteiger partial charge in [0.1, 0.15) is 18.0 Å². The molecule has 2 heterocycles. The first-order chi connectivity index (χ1) is 9.45. The van der Waals surface area contributed by atoms with Crippen molar-refractivity contribution in [2.75, 3.05) is 0 Å². The van der Waals surface area contributed by atoms with Gasteiger partial charge >= 0.3 is 0 Å².